The predicted molar refractivity (Wildman–Crippen MR) is 126 cm³/mol. The van der Waals surface area contributed by atoms with Crippen molar-refractivity contribution in [2.75, 3.05) is 13.7 Å². The Balaban J connectivity index is 1.54. The van der Waals surface area contributed by atoms with Crippen molar-refractivity contribution >= 4 is 14.3 Å². The predicted octanol–water partition coefficient (Wildman–Crippen LogP) is 6.53. The first kappa shape index (κ1) is 24.9. The van der Waals surface area contributed by atoms with Crippen LogP contribution in [0.2, 0.25) is 18.1 Å². The molecule has 1 aromatic rings. The molecule has 1 aliphatic heterocycles. The van der Waals surface area contributed by atoms with Crippen molar-refractivity contribution in [3.8, 4) is 5.75 Å². The number of ether oxygens (including phenoxy) is 2. The smallest absolute Gasteiger partial charge is 0.313 e. The van der Waals surface area contributed by atoms with E-state index in [1.807, 2.05) is 24.3 Å². The molecule has 2 unspecified atom stereocenters. The molecule has 30 heavy (non-hydrogen) atoms. The summed E-state index contributed by atoms with van der Waals surface area (Å²) in [5, 5.41) is 0.295. The summed E-state index contributed by atoms with van der Waals surface area (Å²) in [5.74, 6) is 0.821. The maximum absolute atomic E-state index is 11.9. The minimum atomic E-state index is -1.59. The summed E-state index contributed by atoms with van der Waals surface area (Å²) in [6, 6.07) is 7.98. The average molecular weight is 435 g/mol. The number of hydrogen-bond donors (Lipinski definition) is 0. The van der Waals surface area contributed by atoms with Gasteiger partial charge in [-0.3, -0.25) is 4.79 Å². The fourth-order valence-electron chi connectivity index (χ4n) is 3.59. The number of carbonyl (C=O) groups is 1. The van der Waals surface area contributed by atoms with Gasteiger partial charge in [0.1, 0.15) is 11.9 Å². The van der Waals surface area contributed by atoms with Gasteiger partial charge >= 0.3 is 5.97 Å². The Morgan fingerprint density at radius 3 is 2.13 bits per heavy atom. The number of esters is 1. The second-order valence-corrected chi connectivity index (χ2v) is 15.0. The van der Waals surface area contributed by atoms with Gasteiger partial charge in [-0.2, -0.15) is 0 Å². The summed E-state index contributed by atoms with van der Waals surface area (Å²) in [6.45, 7) is 12.4. The zero-order valence-corrected chi connectivity index (χ0v) is 21.0. The Labute approximate surface area is 184 Å². The number of benzene rings is 1. The van der Waals surface area contributed by atoms with Gasteiger partial charge in [-0.15, -0.1) is 0 Å². The van der Waals surface area contributed by atoms with Crippen LogP contribution >= 0.6 is 0 Å². The largest absolute Gasteiger partial charge is 0.497 e. The molecule has 0 saturated carbocycles. The van der Waals surface area contributed by atoms with E-state index < -0.39 is 8.32 Å². The van der Waals surface area contributed by atoms with Gasteiger partial charge in [0, 0.05) is 6.61 Å². The van der Waals surface area contributed by atoms with Gasteiger partial charge < -0.3 is 13.9 Å². The van der Waals surface area contributed by atoms with Gasteiger partial charge in [0.25, 0.3) is 0 Å². The molecule has 0 aromatic heterocycles. The van der Waals surface area contributed by atoms with Crippen molar-refractivity contribution in [3.05, 3.63) is 29.8 Å². The van der Waals surface area contributed by atoms with Crippen molar-refractivity contribution in [2.45, 2.75) is 96.4 Å². The van der Waals surface area contributed by atoms with Crippen LogP contribution in [0.1, 0.15) is 71.3 Å². The summed E-state index contributed by atoms with van der Waals surface area (Å²) in [6.07, 6.45) is 9.12. The van der Waals surface area contributed by atoms with Gasteiger partial charge in [-0.05, 0) is 61.5 Å². The fourth-order valence-corrected chi connectivity index (χ4v) is 4.67. The van der Waals surface area contributed by atoms with Crippen LogP contribution in [0.3, 0.4) is 0 Å². The summed E-state index contributed by atoms with van der Waals surface area (Å²) in [4.78, 5) is 11.9. The van der Waals surface area contributed by atoms with Gasteiger partial charge in [0.15, 0.2) is 8.32 Å². The summed E-state index contributed by atoms with van der Waals surface area (Å²) in [5.41, 5.74) is 1.17. The van der Waals surface area contributed by atoms with Crippen LogP contribution in [0.25, 0.3) is 0 Å². The zero-order chi connectivity index (χ0) is 22.2. The molecule has 2 atom stereocenters. The molecule has 5 heteroatoms. The molecule has 2 rings (SSSR count). The molecule has 1 aliphatic rings. The van der Waals surface area contributed by atoms with E-state index in [1.165, 1.54) is 31.2 Å². The third kappa shape index (κ3) is 7.42. The molecule has 0 aliphatic carbocycles. The lowest BCUT2D eigenvalue weighted by molar-refractivity contribution is -0.185. The average Bonchev–Trinajstić information content (AvgIpc) is 2.69. The lowest BCUT2D eigenvalue weighted by Gasteiger charge is -2.36. The van der Waals surface area contributed by atoms with Crippen LogP contribution in [-0.2, 0) is 20.4 Å². The standard InChI is InChI=1S/C25H42O4Si/c1-25(2,3)30(5,6)28-18-12-10-8-7-9-11-13-23-22(24(26)29-23)19-20-14-16-21(27-4)17-15-20/h14-17,22-23H,7-13,18-19H2,1-6H3. The van der Waals surface area contributed by atoms with Crippen molar-refractivity contribution < 1.29 is 18.7 Å². The van der Waals surface area contributed by atoms with E-state index in [0.29, 0.717) is 5.04 Å². The summed E-state index contributed by atoms with van der Waals surface area (Å²) in [7, 11) is 0.0746. The van der Waals surface area contributed by atoms with Gasteiger partial charge in [0.2, 0.25) is 0 Å². The number of carbonyl (C=O) groups excluding carboxylic acids is 1. The molecule has 0 spiro atoms. The summed E-state index contributed by atoms with van der Waals surface area (Å²) < 4.78 is 16.8. The minimum Gasteiger partial charge on any atom is -0.497 e. The molecule has 0 radical (unpaired) electrons. The van der Waals surface area contributed by atoms with Crippen LogP contribution in [0.15, 0.2) is 24.3 Å². The Morgan fingerprint density at radius 2 is 1.57 bits per heavy atom. The monoisotopic (exact) mass is 434 g/mol. The molecular weight excluding hydrogens is 392 g/mol. The van der Waals surface area contributed by atoms with Crippen LogP contribution in [0, 0.1) is 5.92 Å². The molecule has 1 aromatic carbocycles. The van der Waals surface area contributed by atoms with Crippen LogP contribution < -0.4 is 4.74 Å². The molecular formula is C25H42O4Si. The highest BCUT2D eigenvalue weighted by molar-refractivity contribution is 6.74. The van der Waals surface area contributed by atoms with Crippen molar-refractivity contribution in [3.63, 3.8) is 0 Å². The second-order valence-electron chi connectivity index (χ2n) is 10.2. The quantitative estimate of drug-likeness (QED) is 0.201. The number of hydrogen-bond acceptors (Lipinski definition) is 4. The normalized spacial score (nSPS) is 19.3. The van der Waals surface area contributed by atoms with E-state index >= 15 is 0 Å². The summed E-state index contributed by atoms with van der Waals surface area (Å²) >= 11 is 0. The highest BCUT2D eigenvalue weighted by Crippen LogP contribution is 2.36. The molecule has 1 heterocycles. The molecule has 0 N–H and O–H groups in total. The van der Waals surface area contributed by atoms with Crippen LogP contribution in [0.4, 0.5) is 0 Å². The molecule has 0 bridgehead atoms. The first-order valence-electron chi connectivity index (χ1n) is 11.6. The molecule has 1 fully saturated rings. The van der Waals surface area contributed by atoms with E-state index in [9.17, 15) is 4.79 Å². The van der Waals surface area contributed by atoms with E-state index in [-0.39, 0.29) is 18.0 Å². The van der Waals surface area contributed by atoms with Crippen molar-refractivity contribution in [1.82, 2.24) is 0 Å². The van der Waals surface area contributed by atoms with Crippen molar-refractivity contribution in [2.24, 2.45) is 5.92 Å². The van der Waals surface area contributed by atoms with E-state index in [2.05, 4.69) is 33.9 Å². The Morgan fingerprint density at radius 1 is 0.967 bits per heavy atom. The van der Waals surface area contributed by atoms with Gasteiger partial charge in [-0.25, -0.2) is 0 Å². The van der Waals surface area contributed by atoms with E-state index in [4.69, 9.17) is 13.9 Å². The second kappa shape index (κ2) is 11.3. The lowest BCUT2D eigenvalue weighted by Crippen LogP contribution is -2.46. The van der Waals surface area contributed by atoms with Crippen molar-refractivity contribution in [1.29, 1.82) is 0 Å². The number of methoxy groups -OCH3 is 1. The first-order valence-corrected chi connectivity index (χ1v) is 14.5. The topological polar surface area (TPSA) is 44.8 Å². The Kier molecular flexibility index (Phi) is 9.42. The third-order valence-corrected chi connectivity index (χ3v) is 11.3. The molecule has 1 saturated heterocycles. The number of rotatable bonds is 13. The molecule has 4 nitrogen and oxygen atoms in total. The van der Waals surface area contributed by atoms with E-state index in [1.54, 1.807) is 7.11 Å². The SMILES string of the molecule is COc1ccc(CC2C(=O)OC2CCCCCCCCO[Si](C)(C)C(C)(C)C)cc1. The van der Waals surface area contributed by atoms with Gasteiger partial charge in [-0.1, -0.05) is 58.6 Å². The molecule has 170 valence electrons. The molecule has 0 amide bonds. The maximum Gasteiger partial charge on any atom is 0.313 e. The third-order valence-electron chi connectivity index (χ3n) is 6.79. The first-order chi connectivity index (χ1) is 14.1. The highest BCUT2D eigenvalue weighted by Gasteiger charge is 2.41. The lowest BCUT2D eigenvalue weighted by atomic mass is 9.86. The van der Waals surface area contributed by atoms with Gasteiger partial charge in [0.05, 0.1) is 13.0 Å². The highest BCUT2D eigenvalue weighted by atomic mass is 28.4. The fraction of sp³-hybridized carbons (Fsp3) is 0.720. The minimum absolute atomic E-state index is 0.0193. The maximum atomic E-state index is 11.9. The Bertz CT molecular complexity index is 648. The number of cyclic esters (lactones) is 1. The Hall–Kier alpha value is -1.33. The van der Waals surface area contributed by atoms with E-state index in [0.717, 1.165) is 38.0 Å². The number of unbranched alkanes of at least 4 members (excludes halogenated alkanes) is 5. The van der Waals surface area contributed by atoms with Crippen LogP contribution in [-0.4, -0.2) is 34.1 Å². The van der Waals surface area contributed by atoms with Crippen LogP contribution in [0.5, 0.6) is 5.75 Å². The zero-order valence-electron chi connectivity index (χ0n) is 20.0.